The number of thiophene rings is 1. The summed E-state index contributed by atoms with van der Waals surface area (Å²) < 4.78 is 15.7. The highest BCUT2D eigenvalue weighted by molar-refractivity contribution is 7.10. The summed E-state index contributed by atoms with van der Waals surface area (Å²) in [5.74, 6) is -1.12. The van der Waals surface area contributed by atoms with Crippen LogP contribution < -0.4 is 20.1 Å². The van der Waals surface area contributed by atoms with Gasteiger partial charge in [-0.25, -0.2) is 4.79 Å². The van der Waals surface area contributed by atoms with Crippen LogP contribution >= 0.6 is 11.3 Å². The Labute approximate surface area is 206 Å². The third kappa shape index (κ3) is 7.06. The fraction of sp³-hybridized carbons (Fsp3) is 0.200. The van der Waals surface area contributed by atoms with E-state index in [1.54, 1.807) is 24.3 Å². The molecule has 3 aromatic rings. The molecule has 0 saturated heterocycles. The molecule has 0 atom stereocenters. The Hall–Kier alpha value is -4.36. The van der Waals surface area contributed by atoms with Crippen molar-refractivity contribution in [2.75, 3.05) is 31.5 Å². The highest BCUT2D eigenvalue weighted by Crippen LogP contribution is 2.34. The number of nitrogens with zero attached hydrogens (tertiary/aromatic N) is 1. The van der Waals surface area contributed by atoms with E-state index in [1.807, 2.05) is 23.6 Å². The van der Waals surface area contributed by atoms with Gasteiger partial charge in [0.1, 0.15) is 0 Å². The van der Waals surface area contributed by atoms with E-state index in [-0.39, 0.29) is 35.7 Å². The molecule has 0 fully saturated rings. The number of nitrogens with one attached hydrogen (secondary N) is 2. The molecule has 2 amide bonds. The van der Waals surface area contributed by atoms with Crippen LogP contribution in [0, 0.1) is 11.3 Å². The molecule has 35 heavy (non-hydrogen) atoms. The monoisotopic (exact) mass is 493 g/mol. The second kappa shape index (κ2) is 12.2. The summed E-state index contributed by atoms with van der Waals surface area (Å²) in [6.07, 6.45) is 0.402. The fourth-order valence-corrected chi connectivity index (χ4v) is 3.82. The number of methoxy groups -OCH3 is 2. The molecule has 1 aromatic heterocycles. The van der Waals surface area contributed by atoms with Gasteiger partial charge in [0.15, 0.2) is 18.1 Å². The van der Waals surface area contributed by atoms with Crippen LogP contribution in [-0.4, -0.2) is 38.6 Å². The Balaban J connectivity index is 1.69. The van der Waals surface area contributed by atoms with Gasteiger partial charge in [0.05, 0.1) is 44.4 Å². The number of anilines is 2. The third-order valence-corrected chi connectivity index (χ3v) is 5.66. The summed E-state index contributed by atoms with van der Waals surface area (Å²) >= 11 is 1.45. The molecule has 2 N–H and O–H groups in total. The minimum Gasteiger partial charge on any atom is -0.493 e. The van der Waals surface area contributed by atoms with E-state index in [9.17, 15) is 14.4 Å². The molecule has 180 valence electrons. The van der Waals surface area contributed by atoms with Crippen molar-refractivity contribution in [3.63, 3.8) is 0 Å². The second-order valence-electron chi connectivity index (χ2n) is 7.21. The molecule has 0 unspecified atom stereocenters. The van der Waals surface area contributed by atoms with E-state index in [4.69, 9.17) is 19.5 Å². The Kier molecular flexibility index (Phi) is 8.81. The molecule has 9 nitrogen and oxygen atoms in total. The van der Waals surface area contributed by atoms with Gasteiger partial charge in [-0.1, -0.05) is 18.2 Å². The standard InChI is InChI=1S/C25H23N3O6S/c1-32-21-13-19(20(14-22(21)33-2)28-23(29)12-18-4-3-11-35-18)25(31)34-15-24(30)27-17-7-5-16(6-8-17)9-10-26/h3-8,11,13-14H,9,12,15H2,1-2H3,(H,27,30)(H,28,29). The van der Waals surface area contributed by atoms with Gasteiger partial charge in [0, 0.05) is 22.7 Å². The highest BCUT2D eigenvalue weighted by atomic mass is 32.1. The van der Waals surface area contributed by atoms with Crippen molar-refractivity contribution in [2.45, 2.75) is 12.8 Å². The summed E-state index contributed by atoms with van der Waals surface area (Å²) in [6, 6.07) is 15.3. The van der Waals surface area contributed by atoms with Crippen LogP contribution in [0.15, 0.2) is 53.9 Å². The molecule has 0 bridgehead atoms. The van der Waals surface area contributed by atoms with Gasteiger partial charge in [-0.2, -0.15) is 5.26 Å². The van der Waals surface area contributed by atoms with Crippen molar-refractivity contribution >= 4 is 40.5 Å². The zero-order valence-corrected chi connectivity index (χ0v) is 19.9. The van der Waals surface area contributed by atoms with Gasteiger partial charge in [-0.05, 0) is 29.1 Å². The van der Waals surface area contributed by atoms with E-state index in [1.165, 1.54) is 37.7 Å². The summed E-state index contributed by atoms with van der Waals surface area (Å²) in [4.78, 5) is 38.5. The smallest absolute Gasteiger partial charge is 0.340 e. The van der Waals surface area contributed by atoms with Crippen molar-refractivity contribution in [3.8, 4) is 17.6 Å². The first-order chi connectivity index (χ1) is 16.9. The molecule has 0 aliphatic heterocycles. The Morgan fingerprint density at radius 2 is 1.69 bits per heavy atom. The predicted molar refractivity (Wildman–Crippen MR) is 131 cm³/mol. The van der Waals surface area contributed by atoms with Crippen molar-refractivity contribution < 1.29 is 28.6 Å². The number of esters is 1. The van der Waals surface area contributed by atoms with Crippen molar-refractivity contribution in [1.82, 2.24) is 0 Å². The highest BCUT2D eigenvalue weighted by Gasteiger charge is 2.21. The number of amides is 2. The number of carbonyl (C=O) groups excluding carboxylic acids is 3. The maximum absolute atomic E-state index is 12.8. The summed E-state index contributed by atoms with van der Waals surface area (Å²) in [6.45, 7) is -0.546. The maximum Gasteiger partial charge on any atom is 0.340 e. The molecule has 0 radical (unpaired) electrons. The predicted octanol–water partition coefficient (Wildman–Crippen LogP) is 3.81. The SMILES string of the molecule is COc1cc(NC(=O)Cc2cccs2)c(C(=O)OCC(=O)Nc2ccc(CC#N)cc2)cc1OC. The number of ether oxygens (including phenoxy) is 3. The number of nitriles is 1. The molecular weight excluding hydrogens is 470 g/mol. The van der Waals surface area contributed by atoms with Crippen LogP contribution in [0.1, 0.15) is 20.8 Å². The molecule has 0 saturated carbocycles. The van der Waals surface area contributed by atoms with Crippen LogP contribution in [0.3, 0.4) is 0 Å². The average Bonchev–Trinajstić information content (AvgIpc) is 3.36. The third-order valence-electron chi connectivity index (χ3n) is 4.79. The zero-order valence-electron chi connectivity index (χ0n) is 19.1. The van der Waals surface area contributed by atoms with E-state index < -0.39 is 18.5 Å². The van der Waals surface area contributed by atoms with Crippen molar-refractivity contribution in [3.05, 3.63) is 69.9 Å². The van der Waals surface area contributed by atoms with Gasteiger partial charge >= 0.3 is 5.97 Å². The Bertz CT molecular complexity index is 1230. The molecule has 0 spiro atoms. The van der Waals surface area contributed by atoms with Crippen LogP contribution in [0.4, 0.5) is 11.4 Å². The molecule has 1 heterocycles. The maximum atomic E-state index is 12.8. The first-order valence-corrected chi connectivity index (χ1v) is 11.3. The van der Waals surface area contributed by atoms with Gasteiger partial charge in [0.25, 0.3) is 5.91 Å². The molecule has 0 aliphatic carbocycles. The summed E-state index contributed by atoms with van der Waals surface area (Å²) in [5.41, 5.74) is 1.50. The number of carbonyl (C=O) groups is 3. The summed E-state index contributed by atoms with van der Waals surface area (Å²) in [5, 5.41) is 15.9. The first kappa shape index (κ1) is 25.3. The van der Waals surface area contributed by atoms with E-state index in [2.05, 4.69) is 10.6 Å². The van der Waals surface area contributed by atoms with Gasteiger partial charge in [-0.3, -0.25) is 9.59 Å². The lowest BCUT2D eigenvalue weighted by atomic mass is 10.1. The van der Waals surface area contributed by atoms with E-state index in [0.29, 0.717) is 11.4 Å². The minimum absolute atomic E-state index is 0.0100. The number of rotatable bonds is 10. The largest absolute Gasteiger partial charge is 0.493 e. The van der Waals surface area contributed by atoms with Gasteiger partial charge in [0.2, 0.25) is 5.91 Å². The number of hydrogen-bond donors (Lipinski definition) is 2. The Morgan fingerprint density at radius 1 is 0.971 bits per heavy atom. The van der Waals surface area contributed by atoms with Crippen LogP contribution in [-0.2, 0) is 27.2 Å². The minimum atomic E-state index is -0.822. The zero-order chi connectivity index (χ0) is 25.2. The van der Waals surface area contributed by atoms with E-state index >= 15 is 0 Å². The first-order valence-electron chi connectivity index (χ1n) is 10.4. The fourth-order valence-electron chi connectivity index (χ4n) is 3.12. The average molecular weight is 494 g/mol. The van der Waals surface area contributed by atoms with Crippen LogP contribution in [0.2, 0.25) is 0 Å². The lowest BCUT2D eigenvalue weighted by molar-refractivity contribution is -0.119. The van der Waals surface area contributed by atoms with Gasteiger partial charge < -0.3 is 24.8 Å². The normalized spacial score (nSPS) is 10.1. The molecule has 0 aliphatic rings. The summed E-state index contributed by atoms with van der Waals surface area (Å²) in [7, 11) is 2.85. The van der Waals surface area contributed by atoms with E-state index in [0.717, 1.165) is 10.4 Å². The quantitative estimate of drug-likeness (QED) is 0.411. The topological polar surface area (TPSA) is 127 Å². The molecule has 3 rings (SSSR count). The lowest BCUT2D eigenvalue weighted by Crippen LogP contribution is -2.22. The molecule has 2 aromatic carbocycles. The second-order valence-corrected chi connectivity index (χ2v) is 8.25. The lowest BCUT2D eigenvalue weighted by Gasteiger charge is -2.15. The Morgan fingerprint density at radius 3 is 2.31 bits per heavy atom. The number of benzene rings is 2. The molecule has 10 heteroatoms. The van der Waals surface area contributed by atoms with Crippen LogP contribution in [0.25, 0.3) is 0 Å². The van der Waals surface area contributed by atoms with Crippen LogP contribution in [0.5, 0.6) is 11.5 Å². The van der Waals surface area contributed by atoms with Crippen molar-refractivity contribution in [2.24, 2.45) is 0 Å². The van der Waals surface area contributed by atoms with Crippen molar-refractivity contribution in [1.29, 1.82) is 5.26 Å². The molecular formula is C25H23N3O6S. The van der Waals surface area contributed by atoms with Gasteiger partial charge in [-0.15, -0.1) is 11.3 Å². The number of hydrogen-bond acceptors (Lipinski definition) is 8.